The lowest BCUT2D eigenvalue weighted by atomic mass is 9.78. The number of ketones is 1. The molecule has 0 bridgehead atoms. The Hall–Kier alpha value is -3.28. The second kappa shape index (κ2) is 5.61. The molecule has 1 aliphatic carbocycles. The maximum atomic E-state index is 13.8. The van der Waals surface area contributed by atoms with Crippen LogP contribution in [0.4, 0.5) is 13.2 Å². The highest BCUT2D eigenvalue weighted by Gasteiger charge is 2.44. The fourth-order valence-electron chi connectivity index (χ4n) is 4.12. The molecular formula is C22H13F3O3. The molecule has 3 nitrogen and oxygen atoms in total. The number of fused-ring (bicyclic) bond motifs is 1. The van der Waals surface area contributed by atoms with Gasteiger partial charge in [0, 0.05) is 12.0 Å². The minimum atomic E-state index is -4.56. The normalized spacial score (nSPS) is 20.7. The standard InChI is InChI=1S/C22H13F3O3/c23-22(24,25)17-10-16(13-5-1-3-11-4-2-6-14(17)19(11)13)21-20(27)15-8-7-12(26)9-18(15)28-21/h1-10,16,21,26H. The molecule has 2 unspecified atom stereocenters. The third kappa shape index (κ3) is 2.34. The summed E-state index contributed by atoms with van der Waals surface area (Å²) in [5.74, 6) is -1.18. The van der Waals surface area contributed by atoms with E-state index in [-0.39, 0.29) is 22.6 Å². The van der Waals surface area contributed by atoms with Gasteiger partial charge in [-0.05, 0) is 34.0 Å². The Bertz CT molecular complexity index is 1170. The van der Waals surface area contributed by atoms with Gasteiger partial charge in [0.15, 0.2) is 6.10 Å². The molecule has 140 valence electrons. The second-order valence-electron chi connectivity index (χ2n) is 6.94. The highest BCUT2D eigenvalue weighted by molar-refractivity contribution is 6.07. The Labute approximate surface area is 157 Å². The summed E-state index contributed by atoms with van der Waals surface area (Å²) in [4.78, 5) is 12.9. The number of alkyl halides is 3. The van der Waals surface area contributed by atoms with Gasteiger partial charge in [-0.25, -0.2) is 0 Å². The van der Waals surface area contributed by atoms with Crippen LogP contribution in [0.2, 0.25) is 0 Å². The molecule has 1 aliphatic heterocycles. The van der Waals surface area contributed by atoms with Crippen LogP contribution in [-0.4, -0.2) is 23.2 Å². The zero-order valence-electron chi connectivity index (χ0n) is 14.3. The van der Waals surface area contributed by atoms with Crippen molar-refractivity contribution in [3.8, 4) is 11.5 Å². The van der Waals surface area contributed by atoms with Gasteiger partial charge in [0.2, 0.25) is 5.78 Å². The number of carbonyl (C=O) groups is 1. The molecule has 0 amide bonds. The highest BCUT2D eigenvalue weighted by Crippen LogP contribution is 2.48. The van der Waals surface area contributed by atoms with Gasteiger partial charge in [-0.2, -0.15) is 13.2 Å². The molecule has 6 heteroatoms. The predicted molar refractivity (Wildman–Crippen MR) is 97.6 cm³/mol. The fourth-order valence-corrected chi connectivity index (χ4v) is 4.12. The molecule has 0 aromatic heterocycles. The number of rotatable bonds is 1. The first-order chi connectivity index (χ1) is 13.3. The van der Waals surface area contributed by atoms with Gasteiger partial charge in [-0.15, -0.1) is 0 Å². The van der Waals surface area contributed by atoms with Crippen LogP contribution in [-0.2, 0) is 0 Å². The number of ether oxygens (including phenoxy) is 1. The molecular weight excluding hydrogens is 369 g/mol. The summed E-state index contributed by atoms with van der Waals surface area (Å²) < 4.78 is 47.2. The van der Waals surface area contributed by atoms with Crippen molar-refractivity contribution < 1.29 is 27.8 Å². The largest absolute Gasteiger partial charge is 0.508 e. The quantitative estimate of drug-likeness (QED) is 0.627. The lowest BCUT2D eigenvalue weighted by Crippen LogP contribution is -2.30. The van der Waals surface area contributed by atoms with Crippen molar-refractivity contribution in [2.24, 2.45) is 0 Å². The van der Waals surface area contributed by atoms with Crippen LogP contribution in [0.3, 0.4) is 0 Å². The van der Waals surface area contributed by atoms with E-state index in [0.29, 0.717) is 16.3 Å². The number of Topliss-reactive ketones (excluding diaryl/α,β-unsaturated/α-hetero) is 1. The minimum Gasteiger partial charge on any atom is -0.508 e. The van der Waals surface area contributed by atoms with E-state index in [0.717, 1.165) is 6.08 Å². The first-order valence-corrected chi connectivity index (χ1v) is 8.69. The average molecular weight is 382 g/mol. The van der Waals surface area contributed by atoms with Crippen LogP contribution < -0.4 is 4.74 Å². The van der Waals surface area contributed by atoms with E-state index in [4.69, 9.17) is 4.74 Å². The third-order valence-electron chi connectivity index (χ3n) is 5.31. The Morgan fingerprint density at radius 2 is 1.71 bits per heavy atom. The van der Waals surface area contributed by atoms with E-state index >= 15 is 0 Å². The first kappa shape index (κ1) is 16.9. The Balaban J connectivity index is 1.72. The molecule has 0 saturated carbocycles. The summed E-state index contributed by atoms with van der Waals surface area (Å²) in [6, 6.07) is 14.1. The summed E-state index contributed by atoms with van der Waals surface area (Å²) in [5, 5.41) is 10.8. The van der Waals surface area contributed by atoms with Gasteiger partial charge in [-0.1, -0.05) is 42.5 Å². The Kier molecular flexibility index (Phi) is 3.38. The molecule has 0 spiro atoms. The maximum Gasteiger partial charge on any atom is 0.416 e. The van der Waals surface area contributed by atoms with Gasteiger partial charge in [0.1, 0.15) is 11.5 Å². The van der Waals surface area contributed by atoms with E-state index < -0.39 is 29.6 Å². The number of allylic oxidation sites excluding steroid dienone is 1. The van der Waals surface area contributed by atoms with Crippen LogP contribution in [0.15, 0.2) is 60.7 Å². The number of aromatic hydroxyl groups is 1. The second-order valence-corrected chi connectivity index (χ2v) is 6.94. The number of hydrogen-bond acceptors (Lipinski definition) is 3. The summed E-state index contributed by atoms with van der Waals surface area (Å²) in [6.07, 6.45) is -4.59. The van der Waals surface area contributed by atoms with Gasteiger partial charge < -0.3 is 9.84 Å². The van der Waals surface area contributed by atoms with Gasteiger partial charge in [0.05, 0.1) is 11.1 Å². The number of halogens is 3. The molecule has 3 aromatic carbocycles. The fraction of sp³-hybridized carbons (Fsp3) is 0.136. The number of carbonyl (C=O) groups excluding carboxylic acids is 1. The van der Waals surface area contributed by atoms with Crippen molar-refractivity contribution in [2.45, 2.75) is 18.2 Å². The van der Waals surface area contributed by atoms with Crippen molar-refractivity contribution >= 4 is 22.1 Å². The van der Waals surface area contributed by atoms with E-state index in [1.807, 2.05) is 0 Å². The Morgan fingerprint density at radius 3 is 2.46 bits per heavy atom. The molecule has 1 N–H and O–H groups in total. The lowest BCUT2D eigenvalue weighted by molar-refractivity contribution is -0.0692. The summed E-state index contributed by atoms with van der Waals surface area (Å²) in [7, 11) is 0. The molecule has 0 fully saturated rings. The smallest absolute Gasteiger partial charge is 0.416 e. The van der Waals surface area contributed by atoms with Crippen molar-refractivity contribution in [1.82, 2.24) is 0 Å². The van der Waals surface area contributed by atoms with Crippen LogP contribution in [0, 0.1) is 0 Å². The zero-order chi connectivity index (χ0) is 19.6. The van der Waals surface area contributed by atoms with Crippen LogP contribution in [0.1, 0.15) is 27.4 Å². The highest BCUT2D eigenvalue weighted by atomic mass is 19.4. The van der Waals surface area contributed by atoms with Gasteiger partial charge in [-0.3, -0.25) is 4.79 Å². The van der Waals surface area contributed by atoms with Crippen molar-refractivity contribution in [1.29, 1.82) is 0 Å². The molecule has 3 aromatic rings. The van der Waals surface area contributed by atoms with E-state index in [2.05, 4.69) is 0 Å². The van der Waals surface area contributed by atoms with E-state index in [1.54, 1.807) is 30.3 Å². The summed E-state index contributed by atoms with van der Waals surface area (Å²) in [5.41, 5.74) is 0.224. The number of phenols is 1. The van der Waals surface area contributed by atoms with Gasteiger partial charge in [0.25, 0.3) is 0 Å². The SMILES string of the molecule is O=C1c2ccc(O)cc2OC1C1C=C(C(F)(F)F)c2cccc3cccc1c23. The van der Waals surface area contributed by atoms with Crippen molar-refractivity contribution in [3.63, 3.8) is 0 Å². The third-order valence-corrected chi connectivity index (χ3v) is 5.31. The lowest BCUT2D eigenvalue weighted by Gasteiger charge is -2.29. The number of hydrogen-bond donors (Lipinski definition) is 1. The van der Waals surface area contributed by atoms with Gasteiger partial charge >= 0.3 is 6.18 Å². The zero-order valence-corrected chi connectivity index (χ0v) is 14.3. The summed E-state index contributed by atoms with van der Waals surface area (Å²) in [6.45, 7) is 0. The van der Waals surface area contributed by atoms with Crippen molar-refractivity contribution in [3.05, 3.63) is 77.4 Å². The molecule has 1 heterocycles. The maximum absolute atomic E-state index is 13.8. The minimum absolute atomic E-state index is 0.0742. The average Bonchev–Trinajstić information content (AvgIpc) is 2.97. The molecule has 2 atom stereocenters. The topological polar surface area (TPSA) is 46.5 Å². The number of benzene rings is 3. The molecule has 0 saturated heterocycles. The van der Waals surface area contributed by atoms with Crippen molar-refractivity contribution in [2.75, 3.05) is 0 Å². The summed E-state index contributed by atoms with van der Waals surface area (Å²) >= 11 is 0. The van der Waals surface area contributed by atoms with Crippen LogP contribution >= 0.6 is 0 Å². The molecule has 2 aliphatic rings. The Morgan fingerprint density at radius 1 is 0.964 bits per heavy atom. The first-order valence-electron chi connectivity index (χ1n) is 8.69. The molecule has 5 rings (SSSR count). The monoisotopic (exact) mass is 382 g/mol. The van der Waals surface area contributed by atoms with E-state index in [1.165, 1.54) is 24.3 Å². The van der Waals surface area contributed by atoms with Crippen LogP contribution in [0.25, 0.3) is 16.3 Å². The molecule has 0 radical (unpaired) electrons. The number of phenolic OH excluding ortho intramolecular Hbond substituents is 1. The van der Waals surface area contributed by atoms with E-state index in [9.17, 15) is 23.1 Å². The predicted octanol–water partition coefficient (Wildman–Crippen LogP) is 5.23. The molecule has 28 heavy (non-hydrogen) atoms. The van der Waals surface area contributed by atoms with Crippen LogP contribution in [0.5, 0.6) is 11.5 Å².